The van der Waals surface area contributed by atoms with Gasteiger partial charge in [-0.05, 0) is 66.1 Å². The van der Waals surface area contributed by atoms with Crippen LogP contribution in [-0.4, -0.2) is 11.6 Å². The van der Waals surface area contributed by atoms with E-state index >= 15 is 0 Å². The molecule has 0 spiro atoms. The predicted octanol–water partition coefficient (Wildman–Crippen LogP) is 4.71. The molecule has 0 radical (unpaired) electrons. The van der Waals surface area contributed by atoms with E-state index in [-0.39, 0.29) is 29.2 Å². The highest BCUT2D eigenvalue weighted by Crippen LogP contribution is 2.45. The lowest BCUT2D eigenvalue weighted by Gasteiger charge is -2.27. The molecular formula is C22H21FO2. The van der Waals surface area contributed by atoms with Crippen molar-refractivity contribution in [3.63, 3.8) is 0 Å². The number of carbonyl (C=O) groups excluding carboxylic acids is 2. The lowest BCUT2D eigenvalue weighted by Crippen LogP contribution is -2.35. The molecule has 3 heteroatoms. The Morgan fingerprint density at radius 2 is 1.52 bits per heavy atom. The molecule has 25 heavy (non-hydrogen) atoms. The quantitative estimate of drug-likeness (QED) is 0.761. The second-order valence-corrected chi connectivity index (χ2v) is 7.22. The van der Waals surface area contributed by atoms with E-state index in [1.807, 2.05) is 25.1 Å². The number of rotatable bonds is 3. The monoisotopic (exact) mass is 336 g/mol. The fourth-order valence-corrected chi connectivity index (χ4v) is 4.42. The first-order valence-corrected chi connectivity index (χ1v) is 9.04. The molecule has 1 unspecified atom stereocenters. The summed E-state index contributed by atoms with van der Waals surface area (Å²) in [5.41, 5.74) is 3.73. The highest BCUT2D eigenvalue weighted by Gasteiger charge is 2.47. The number of halogens is 1. The number of hydrogen-bond donors (Lipinski definition) is 0. The second-order valence-electron chi connectivity index (χ2n) is 7.22. The molecule has 0 amide bonds. The summed E-state index contributed by atoms with van der Waals surface area (Å²) in [5, 5.41) is 0. The molecule has 2 saturated carbocycles. The molecule has 0 saturated heterocycles. The van der Waals surface area contributed by atoms with Crippen molar-refractivity contribution in [1.82, 2.24) is 0 Å². The number of ketones is 2. The van der Waals surface area contributed by atoms with Crippen LogP contribution in [0.15, 0.2) is 42.5 Å². The molecule has 2 nitrogen and oxygen atoms in total. The van der Waals surface area contributed by atoms with Crippen LogP contribution in [0.3, 0.4) is 0 Å². The lowest BCUT2D eigenvalue weighted by molar-refractivity contribution is -0.135. The van der Waals surface area contributed by atoms with Gasteiger partial charge in [-0.15, -0.1) is 0 Å². The Balaban J connectivity index is 1.80. The SMILES string of the molecule is CCc1ccc(-c2ccc(F)cc2)cc1C1C(=O)[C@@H]2CC[C@@H](C2)C1=O. The molecule has 128 valence electrons. The number of aryl methyl sites for hydroxylation is 1. The van der Waals surface area contributed by atoms with Crippen LogP contribution in [0.2, 0.25) is 0 Å². The van der Waals surface area contributed by atoms with Gasteiger partial charge < -0.3 is 0 Å². The fraction of sp³-hybridized carbons (Fsp3) is 0.364. The maximum absolute atomic E-state index is 13.2. The van der Waals surface area contributed by atoms with Gasteiger partial charge in [-0.1, -0.05) is 31.2 Å². The first-order chi connectivity index (χ1) is 12.1. The maximum atomic E-state index is 13.2. The van der Waals surface area contributed by atoms with Gasteiger partial charge in [0.2, 0.25) is 0 Å². The molecule has 0 aromatic heterocycles. The van der Waals surface area contributed by atoms with Gasteiger partial charge in [0.15, 0.2) is 11.6 Å². The smallest absolute Gasteiger partial charge is 0.150 e. The zero-order chi connectivity index (χ0) is 17.6. The van der Waals surface area contributed by atoms with Gasteiger partial charge in [0, 0.05) is 11.8 Å². The van der Waals surface area contributed by atoms with Gasteiger partial charge in [0.25, 0.3) is 0 Å². The highest BCUT2D eigenvalue weighted by atomic mass is 19.1. The molecule has 3 atom stereocenters. The topological polar surface area (TPSA) is 34.1 Å². The Morgan fingerprint density at radius 3 is 2.12 bits per heavy atom. The van der Waals surface area contributed by atoms with Crippen LogP contribution in [0.25, 0.3) is 11.1 Å². The predicted molar refractivity (Wildman–Crippen MR) is 94.8 cm³/mol. The van der Waals surface area contributed by atoms with E-state index in [0.717, 1.165) is 47.9 Å². The van der Waals surface area contributed by atoms with E-state index in [1.54, 1.807) is 12.1 Å². The average Bonchev–Trinajstić information content (AvgIpc) is 3.08. The Bertz CT molecular complexity index is 816. The summed E-state index contributed by atoms with van der Waals surface area (Å²) in [6.45, 7) is 2.04. The standard InChI is InChI=1S/C22H21FO2/c1-2-13-3-4-15(14-7-9-18(23)10-8-14)12-19(13)20-21(24)16-5-6-17(11-16)22(20)25/h3-4,7-10,12,16-17,20H,2,5-6,11H2,1H3/t16-,17+,20?. The van der Waals surface area contributed by atoms with Crippen molar-refractivity contribution in [3.8, 4) is 11.1 Å². The Kier molecular flexibility index (Phi) is 4.03. The van der Waals surface area contributed by atoms with Gasteiger partial charge in [-0.2, -0.15) is 0 Å². The third kappa shape index (κ3) is 2.72. The van der Waals surface area contributed by atoms with Gasteiger partial charge in [0.1, 0.15) is 11.7 Å². The van der Waals surface area contributed by atoms with Gasteiger partial charge >= 0.3 is 0 Å². The van der Waals surface area contributed by atoms with Crippen LogP contribution >= 0.6 is 0 Å². The van der Waals surface area contributed by atoms with E-state index in [9.17, 15) is 14.0 Å². The minimum absolute atomic E-state index is 0.0480. The zero-order valence-corrected chi connectivity index (χ0v) is 14.3. The van der Waals surface area contributed by atoms with E-state index < -0.39 is 5.92 Å². The molecule has 4 rings (SSSR count). The Hall–Kier alpha value is -2.29. The lowest BCUT2D eigenvalue weighted by atomic mass is 9.73. The number of carbonyl (C=O) groups is 2. The number of fused-ring (bicyclic) bond motifs is 2. The molecule has 0 heterocycles. The first-order valence-electron chi connectivity index (χ1n) is 9.04. The van der Waals surface area contributed by atoms with Crippen molar-refractivity contribution >= 4 is 11.6 Å². The fourth-order valence-electron chi connectivity index (χ4n) is 4.42. The molecule has 2 bridgehead atoms. The summed E-state index contributed by atoms with van der Waals surface area (Å²) >= 11 is 0. The molecule has 2 fully saturated rings. The summed E-state index contributed by atoms with van der Waals surface area (Å²) in [6, 6.07) is 12.3. The van der Waals surface area contributed by atoms with Crippen molar-refractivity contribution in [2.24, 2.45) is 11.8 Å². The number of benzene rings is 2. The van der Waals surface area contributed by atoms with Crippen LogP contribution in [0.1, 0.15) is 43.2 Å². The van der Waals surface area contributed by atoms with E-state index in [0.29, 0.717) is 0 Å². The normalized spacial score (nSPS) is 25.4. The molecule has 0 N–H and O–H groups in total. The third-order valence-corrected chi connectivity index (χ3v) is 5.82. The summed E-state index contributed by atoms with van der Waals surface area (Å²) < 4.78 is 13.2. The second kappa shape index (κ2) is 6.21. The summed E-state index contributed by atoms with van der Waals surface area (Å²) in [5.74, 6) is -0.585. The first kappa shape index (κ1) is 16.2. The molecular weight excluding hydrogens is 315 g/mol. The van der Waals surface area contributed by atoms with Gasteiger partial charge in [0.05, 0.1) is 0 Å². The van der Waals surface area contributed by atoms with Crippen LogP contribution in [0, 0.1) is 17.7 Å². The number of Topliss-reactive ketones (excluding diaryl/α,β-unsaturated/α-hetero) is 2. The third-order valence-electron chi connectivity index (χ3n) is 5.82. The maximum Gasteiger partial charge on any atom is 0.150 e. The Labute approximate surface area is 147 Å². The summed E-state index contributed by atoms with van der Waals surface area (Å²) in [4.78, 5) is 25.8. The highest BCUT2D eigenvalue weighted by molar-refractivity contribution is 6.12. The summed E-state index contributed by atoms with van der Waals surface area (Å²) in [7, 11) is 0. The van der Waals surface area contributed by atoms with Crippen LogP contribution in [0.4, 0.5) is 4.39 Å². The average molecular weight is 336 g/mol. The van der Waals surface area contributed by atoms with Gasteiger partial charge in [-0.25, -0.2) is 4.39 Å². The van der Waals surface area contributed by atoms with Crippen molar-refractivity contribution < 1.29 is 14.0 Å². The Morgan fingerprint density at radius 1 is 0.920 bits per heavy atom. The van der Waals surface area contributed by atoms with E-state index in [2.05, 4.69) is 0 Å². The van der Waals surface area contributed by atoms with Crippen LogP contribution in [-0.2, 0) is 16.0 Å². The minimum atomic E-state index is -0.610. The van der Waals surface area contributed by atoms with Gasteiger partial charge in [-0.3, -0.25) is 9.59 Å². The summed E-state index contributed by atoms with van der Waals surface area (Å²) in [6.07, 6.45) is 3.23. The molecule has 2 aliphatic rings. The van der Waals surface area contributed by atoms with E-state index in [1.165, 1.54) is 12.1 Å². The minimum Gasteiger partial charge on any atom is -0.298 e. The van der Waals surface area contributed by atoms with Crippen molar-refractivity contribution in [1.29, 1.82) is 0 Å². The zero-order valence-electron chi connectivity index (χ0n) is 14.3. The molecule has 2 aromatic carbocycles. The van der Waals surface area contributed by atoms with Crippen LogP contribution < -0.4 is 0 Å². The van der Waals surface area contributed by atoms with E-state index in [4.69, 9.17) is 0 Å². The van der Waals surface area contributed by atoms with Crippen LogP contribution in [0.5, 0.6) is 0 Å². The van der Waals surface area contributed by atoms with Crippen molar-refractivity contribution in [2.75, 3.05) is 0 Å². The number of hydrogen-bond acceptors (Lipinski definition) is 2. The molecule has 2 aromatic rings. The van der Waals surface area contributed by atoms with Crippen molar-refractivity contribution in [3.05, 3.63) is 59.4 Å². The molecule has 0 aliphatic heterocycles. The largest absolute Gasteiger partial charge is 0.298 e. The molecule has 2 aliphatic carbocycles. The van der Waals surface area contributed by atoms with Crippen molar-refractivity contribution in [2.45, 2.75) is 38.5 Å².